The molecule has 1 amide bonds. The number of ether oxygens (including phenoxy) is 1. The number of nitriles is 1. The molecule has 1 atom stereocenters. The van der Waals surface area contributed by atoms with Crippen LogP contribution in [-0.4, -0.2) is 93.6 Å². The SMILES string of the molecule is N#CCC(=O)N1CCC[C@@H](Nc2cc(NCCN3CCOCC3)nc(-c3cnc4ccc(F)cn34)n2)C1. The summed E-state index contributed by atoms with van der Waals surface area (Å²) in [6.07, 6.45) is 4.59. The molecule has 0 unspecified atom stereocenters. The fraction of sp³-hybridized carbons (Fsp3) is 0.480. The van der Waals surface area contributed by atoms with Crippen LogP contribution in [0.5, 0.6) is 0 Å². The van der Waals surface area contributed by atoms with Crippen LogP contribution in [0, 0.1) is 17.1 Å². The molecule has 3 aromatic heterocycles. The molecule has 2 aliphatic heterocycles. The molecule has 3 aromatic rings. The molecule has 2 N–H and O–H groups in total. The van der Waals surface area contributed by atoms with E-state index in [4.69, 9.17) is 20.0 Å². The van der Waals surface area contributed by atoms with Crippen molar-refractivity contribution >= 4 is 23.2 Å². The molecule has 37 heavy (non-hydrogen) atoms. The van der Waals surface area contributed by atoms with Crippen LogP contribution in [0.2, 0.25) is 0 Å². The van der Waals surface area contributed by atoms with Gasteiger partial charge in [0, 0.05) is 57.6 Å². The number of pyridine rings is 1. The predicted octanol–water partition coefficient (Wildman–Crippen LogP) is 1.99. The van der Waals surface area contributed by atoms with E-state index >= 15 is 0 Å². The van der Waals surface area contributed by atoms with Crippen molar-refractivity contribution in [2.24, 2.45) is 0 Å². The summed E-state index contributed by atoms with van der Waals surface area (Å²) < 4.78 is 21.1. The molecule has 5 heterocycles. The van der Waals surface area contributed by atoms with Gasteiger partial charge in [0.15, 0.2) is 5.82 Å². The zero-order chi connectivity index (χ0) is 25.6. The molecule has 0 bridgehead atoms. The zero-order valence-corrected chi connectivity index (χ0v) is 20.6. The summed E-state index contributed by atoms with van der Waals surface area (Å²) in [5.41, 5.74) is 1.17. The van der Waals surface area contributed by atoms with Crippen LogP contribution < -0.4 is 10.6 Å². The van der Waals surface area contributed by atoms with Gasteiger partial charge in [-0.3, -0.25) is 14.1 Å². The first-order valence-corrected chi connectivity index (χ1v) is 12.6. The first-order valence-electron chi connectivity index (χ1n) is 12.6. The lowest BCUT2D eigenvalue weighted by Crippen LogP contribution is -2.45. The summed E-state index contributed by atoms with van der Waals surface area (Å²) in [6, 6.07) is 6.75. The second-order valence-corrected chi connectivity index (χ2v) is 9.22. The summed E-state index contributed by atoms with van der Waals surface area (Å²) in [5.74, 6) is 1.11. The number of imidazole rings is 1. The summed E-state index contributed by atoms with van der Waals surface area (Å²) in [5, 5.41) is 15.7. The fourth-order valence-electron chi connectivity index (χ4n) is 4.72. The van der Waals surface area contributed by atoms with Crippen LogP contribution >= 0.6 is 0 Å². The number of fused-ring (bicyclic) bond motifs is 1. The monoisotopic (exact) mass is 507 g/mol. The van der Waals surface area contributed by atoms with E-state index in [1.165, 1.54) is 12.3 Å². The second kappa shape index (κ2) is 11.5. The zero-order valence-electron chi connectivity index (χ0n) is 20.6. The Morgan fingerprint density at radius 2 is 2.05 bits per heavy atom. The number of piperidine rings is 1. The first kappa shape index (κ1) is 24.9. The van der Waals surface area contributed by atoms with Gasteiger partial charge >= 0.3 is 0 Å². The number of morpholine rings is 1. The molecule has 2 saturated heterocycles. The summed E-state index contributed by atoms with van der Waals surface area (Å²) >= 11 is 0. The molecular formula is C25H30FN9O2. The van der Waals surface area contributed by atoms with Gasteiger partial charge in [-0.05, 0) is 25.0 Å². The van der Waals surface area contributed by atoms with Crippen LogP contribution in [0.1, 0.15) is 19.3 Å². The quantitative estimate of drug-likeness (QED) is 0.471. The molecule has 5 rings (SSSR count). The smallest absolute Gasteiger partial charge is 0.236 e. The molecular weight excluding hydrogens is 477 g/mol. The third kappa shape index (κ3) is 6.12. The number of hydrogen-bond acceptors (Lipinski definition) is 9. The van der Waals surface area contributed by atoms with Crippen molar-refractivity contribution in [1.29, 1.82) is 5.26 Å². The van der Waals surface area contributed by atoms with E-state index in [9.17, 15) is 9.18 Å². The molecule has 12 heteroatoms. The van der Waals surface area contributed by atoms with Crippen molar-refractivity contribution in [3.63, 3.8) is 0 Å². The molecule has 0 radical (unpaired) electrons. The van der Waals surface area contributed by atoms with Gasteiger partial charge in [0.1, 0.15) is 35.2 Å². The van der Waals surface area contributed by atoms with Gasteiger partial charge in [-0.25, -0.2) is 19.3 Å². The third-order valence-electron chi connectivity index (χ3n) is 6.62. The van der Waals surface area contributed by atoms with E-state index < -0.39 is 0 Å². The highest BCUT2D eigenvalue weighted by Crippen LogP contribution is 2.24. The number of hydrogen-bond donors (Lipinski definition) is 2. The van der Waals surface area contributed by atoms with Crippen molar-refractivity contribution < 1.29 is 13.9 Å². The molecule has 2 aliphatic rings. The summed E-state index contributed by atoms with van der Waals surface area (Å²) in [4.78, 5) is 30.1. The van der Waals surface area contributed by atoms with Crippen molar-refractivity contribution in [2.75, 3.05) is 63.1 Å². The second-order valence-electron chi connectivity index (χ2n) is 9.22. The Labute approximate surface area is 214 Å². The number of rotatable bonds is 8. The molecule has 0 aliphatic carbocycles. The molecule has 0 aromatic carbocycles. The van der Waals surface area contributed by atoms with Gasteiger partial charge in [-0.2, -0.15) is 5.26 Å². The number of nitrogens with one attached hydrogen (secondary N) is 2. The maximum absolute atomic E-state index is 14.0. The molecule has 11 nitrogen and oxygen atoms in total. The number of likely N-dealkylation sites (tertiary alicyclic amines) is 1. The van der Waals surface area contributed by atoms with Crippen molar-refractivity contribution in [3.05, 3.63) is 36.4 Å². The Morgan fingerprint density at radius 3 is 2.89 bits per heavy atom. The number of nitrogens with zero attached hydrogens (tertiary/aromatic N) is 7. The molecule has 2 fully saturated rings. The maximum Gasteiger partial charge on any atom is 0.236 e. The van der Waals surface area contributed by atoms with Crippen LogP contribution in [-0.2, 0) is 9.53 Å². The largest absolute Gasteiger partial charge is 0.379 e. The number of aromatic nitrogens is 4. The minimum Gasteiger partial charge on any atom is -0.379 e. The lowest BCUT2D eigenvalue weighted by molar-refractivity contribution is -0.131. The molecule has 0 saturated carbocycles. The van der Waals surface area contributed by atoms with Gasteiger partial charge < -0.3 is 20.3 Å². The lowest BCUT2D eigenvalue weighted by atomic mass is 10.1. The number of halogens is 1. The minimum atomic E-state index is -0.380. The number of anilines is 2. The minimum absolute atomic E-state index is 0.0139. The van der Waals surface area contributed by atoms with E-state index in [0.29, 0.717) is 48.4 Å². The van der Waals surface area contributed by atoms with E-state index in [2.05, 4.69) is 20.5 Å². The average Bonchev–Trinajstić information content (AvgIpc) is 3.33. The number of amides is 1. The van der Waals surface area contributed by atoms with E-state index in [1.807, 2.05) is 12.1 Å². The fourth-order valence-corrected chi connectivity index (χ4v) is 4.72. The maximum atomic E-state index is 14.0. The Hall–Kier alpha value is -3.82. The normalized spacial score (nSPS) is 18.5. The van der Waals surface area contributed by atoms with Gasteiger partial charge in [0.25, 0.3) is 0 Å². The number of carbonyl (C=O) groups is 1. The van der Waals surface area contributed by atoms with E-state index in [0.717, 1.165) is 45.7 Å². The summed E-state index contributed by atoms with van der Waals surface area (Å²) in [7, 11) is 0. The van der Waals surface area contributed by atoms with Crippen molar-refractivity contribution in [1.82, 2.24) is 29.2 Å². The first-order chi connectivity index (χ1) is 18.1. The van der Waals surface area contributed by atoms with Crippen LogP contribution in [0.4, 0.5) is 16.0 Å². The van der Waals surface area contributed by atoms with Crippen LogP contribution in [0.15, 0.2) is 30.6 Å². The average molecular weight is 508 g/mol. The number of carbonyl (C=O) groups excluding carboxylic acids is 1. The highest BCUT2D eigenvalue weighted by atomic mass is 19.1. The van der Waals surface area contributed by atoms with Gasteiger partial charge in [-0.1, -0.05) is 0 Å². The molecule has 194 valence electrons. The third-order valence-corrected chi connectivity index (χ3v) is 6.62. The lowest BCUT2D eigenvalue weighted by Gasteiger charge is -2.33. The van der Waals surface area contributed by atoms with Crippen molar-refractivity contribution in [3.8, 4) is 17.6 Å². The summed E-state index contributed by atoms with van der Waals surface area (Å²) in [6.45, 7) is 5.98. The predicted molar refractivity (Wildman–Crippen MR) is 135 cm³/mol. The van der Waals surface area contributed by atoms with Gasteiger partial charge in [0.2, 0.25) is 5.91 Å². The Morgan fingerprint density at radius 1 is 1.22 bits per heavy atom. The van der Waals surface area contributed by atoms with Gasteiger partial charge in [-0.15, -0.1) is 0 Å². The topological polar surface area (TPSA) is 124 Å². The van der Waals surface area contributed by atoms with Gasteiger partial charge in [0.05, 0.1) is 25.5 Å². The molecule has 0 spiro atoms. The van der Waals surface area contributed by atoms with Crippen LogP contribution in [0.25, 0.3) is 17.2 Å². The highest BCUT2D eigenvalue weighted by Gasteiger charge is 2.24. The Balaban J connectivity index is 1.38. The Kier molecular flexibility index (Phi) is 7.72. The standard InChI is InChI=1S/C25H30FN9O2/c26-18-3-4-23-29-15-20(35(23)16-18)25-31-21(28-7-9-33-10-12-37-13-11-33)14-22(32-25)30-19-2-1-8-34(17-19)24(36)5-6-27/h3-4,14-16,19H,1-2,5,7-13,17H2,(H2,28,30,31,32)/t19-/m1/s1. The van der Waals surface area contributed by atoms with E-state index in [1.54, 1.807) is 21.6 Å². The highest BCUT2D eigenvalue weighted by molar-refractivity contribution is 5.78. The Bertz CT molecular complexity index is 1280. The van der Waals surface area contributed by atoms with E-state index in [-0.39, 0.29) is 24.2 Å². The van der Waals surface area contributed by atoms with Crippen molar-refractivity contribution in [2.45, 2.75) is 25.3 Å². The van der Waals surface area contributed by atoms with Crippen LogP contribution in [0.3, 0.4) is 0 Å².